The van der Waals surface area contributed by atoms with Crippen molar-refractivity contribution in [1.29, 1.82) is 0 Å². The van der Waals surface area contributed by atoms with Crippen LogP contribution in [0.25, 0.3) is 0 Å². The molecule has 13 heavy (non-hydrogen) atoms. The molecule has 4 nitrogen and oxygen atoms in total. The van der Waals surface area contributed by atoms with Crippen molar-refractivity contribution in [3.8, 4) is 0 Å². The van der Waals surface area contributed by atoms with Crippen LogP contribution in [0.5, 0.6) is 0 Å². The molecule has 2 N–H and O–H groups in total. The number of ether oxygens (including phenoxy) is 1. The van der Waals surface area contributed by atoms with Gasteiger partial charge in [-0.05, 0) is 13.3 Å². The van der Waals surface area contributed by atoms with Gasteiger partial charge in [0, 0.05) is 14.0 Å². The molecule has 0 amide bonds. The van der Waals surface area contributed by atoms with Gasteiger partial charge in [0.05, 0.1) is 12.2 Å². The molecule has 0 saturated heterocycles. The zero-order valence-electron chi connectivity index (χ0n) is 8.78. The maximum atomic E-state index is 9.19. The van der Waals surface area contributed by atoms with Crippen LogP contribution in [0.4, 0.5) is 0 Å². The summed E-state index contributed by atoms with van der Waals surface area (Å²) in [7, 11) is 1.61. The number of methoxy groups -OCH3 is 1. The van der Waals surface area contributed by atoms with Gasteiger partial charge in [-0.3, -0.25) is 4.79 Å². The van der Waals surface area contributed by atoms with Crippen LogP contribution >= 0.6 is 0 Å². The monoisotopic (exact) mass is 192 g/mol. The van der Waals surface area contributed by atoms with Gasteiger partial charge in [-0.2, -0.15) is 0 Å². The Labute approximate surface area is 79.5 Å². The number of hydrogen-bond donors (Lipinski definition) is 2. The molecule has 0 fully saturated rings. The van der Waals surface area contributed by atoms with Crippen molar-refractivity contribution < 1.29 is 19.7 Å². The molecule has 0 aliphatic carbocycles. The van der Waals surface area contributed by atoms with Crippen LogP contribution in [0.2, 0.25) is 0 Å². The largest absolute Gasteiger partial charge is 0.481 e. The Morgan fingerprint density at radius 2 is 1.92 bits per heavy atom. The minimum Gasteiger partial charge on any atom is -0.481 e. The highest BCUT2D eigenvalue weighted by molar-refractivity contribution is 5.62. The lowest BCUT2D eigenvalue weighted by molar-refractivity contribution is -0.134. The third-order valence-electron chi connectivity index (χ3n) is 1.50. The van der Waals surface area contributed by atoms with Crippen molar-refractivity contribution in [3.63, 3.8) is 0 Å². The highest BCUT2D eigenvalue weighted by Gasteiger charge is 2.10. The van der Waals surface area contributed by atoms with Crippen LogP contribution in [-0.2, 0) is 9.53 Å². The van der Waals surface area contributed by atoms with E-state index in [4.69, 9.17) is 14.6 Å². The molecule has 80 valence electrons. The summed E-state index contributed by atoms with van der Waals surface area (Å²) < 4.78 is 4.91. The van der Waals surface area contributed by atoms with Gasteiger partial charge < -0.3 is 14.9 Å². The standard InChI is InChI=1S/C7H16O2.C2H4O2/c1-4-5-7(8)6(2)9-3;1-2(3)4/h6-8H,4-5H2,1-3H3;1H3,(H,3,4). The molecule has 0 radical (unpaired) electrons. The number of carboxylic acids is 1. The number of aliphatic hydroxyl groups excluding tert-OH is 1. The van der Waals surface area contributed by atoms with E-state index in [0.717, 1.165) is 19.8 Å². The average Bonchev–Trinajstić information content (AvgIpc) is 2.02. The molecule has 0 aromatic heterocycles. The summed E-state index contributed by atoms with van der Waals surface area (Å²) in [6.07, 6.45) is 1.52. The highest BCUT2D eigenvalue weighted by atomic mass is 16.5. The van der Waals surface area contributed by atoms with Crippen molar-refractivity contribution in [2.24, 2.45) is 0 Å². The second kappa shape index (κ2) is 9.48. The first-order valence-electron chi connectivity index (χ1n) is 4.36. The van der Waals surface area contributed by atoms with Gasteiger partial charge in [-0.25, -0.2) is 0 Å². The molecule has 0 aliphatic rings. The van der Waals surface area contributed by atoms with Crippen LogP contribution < -0.4 is 0 Å². The van der Waals surface area contributed by atoms with Crippen molar-refractivity contribution >= 4 is 5.97 Å². The fourth-order valence-corrected chi connectivity index (χ4v) is 0.688. The van der Waals surface area contributed by atoms with Crippen LogP contribution in [0.1, 0.15) is 33.6 Å². The van der Waals surface area contributed by atoms with Gasteiger partial charge in [0.15, 0.2) is 0 Å². The molecular formula is C9H20O4. The Balaban J connectivity index is 0. The van der Waals surface area contributed by atoms with E-state index < -0.39 is 5.97 Å². The number of carbonyl (C=O) groups is 1. The highest BCUT2D eigenvalue weighted by Crippen LogP contribution is 2.03. The second-order valence-electron chi connectivity index (χ2n) is 2.82. The Morgan fingerprint density at radius 1 is 1.54 bits per heavy atom. The summed E-state index contributed by atoms with van der Waals surface area (Å²) in [5.41, 5.74) is 0. The zero-order valence-corrected chi connectivity index (χ0v) is 8.78. The number of aliphatic hydroxyl groups is 1. The van der Waals surface area contributed by atoms with Crippen LogP contribution in [0.3, 0.4) is 0 Å². The van der Waals surface area contributed by atoms with Crippen molar-refractivity contribution in [2.75, 3.05) is 7.11 Å². The van der Waals surface area contributed by atoms with E-state index in [0.29, 0.717) is 0 Å². The third kappa shape index (κ3) is 14.3. The minimum atomic E-state index is -0.833. The number of rotatable bonds is 4. The summed E-state index contributed by atoms with van der Waals surface area (Å²) >= 11 is 0. The van der Waals surface area contributed by atoms with E-state index in [2.05, 4.69) is 0 Å². The first-order chi connectivity index (χ1) is 5.95. The van der Waals surface area contributed by atoms with Gasteiger partial charge in [0.25, 0.3) is 5.97 Å². The molecule has 2 atom stereocenters. The van der Waals surface area contributed by atoms with E-state index in [9.17, 15) is 5.11 Å². The maximum Gasteiger partial charge on any atom is 0.300 e. The van der Waals surface area contributed by atoms with E-state index in [1.807, 2.05) is 13.8 Å². The predicted octanol–water partition coefficient (Wildman–Crippen LogP) is 1.27. The normalized spacial score (nSPS) is 13.9. The second-order valence-corrected chi connectivity index (χ2v) is 2.82. The lowest BCUT2D eigenvalue weighted by Crippen LogP contribution is -2.24. The number of hydrogen-bond acceptors (Lipinski definition) is 3. The van der Waals surface area contributed by atoms with Crippen molar-refractivity contribution in [2.45, 2.75) is 45.8 Å². The minimum absolute atomic E-state index is 0.0232. The molecule has 0 saturated carbocycles. The summed E-state index contributed by atoms with van der Waals surface area (Å²) in [6.45, 7) is 5.01. The van der Waals surface area contributed by atoms with E-state index in [-0.39, 0.29) is 12.2 Å². The van der Waals surface area contributed by atoms with Crippen LogP contribution in [0, 0.1) is 0 Å². The predicted molar refractivity (Wildman–Crippen MR) is 50.7 cm³/mol. The molecule has 2 unspecified atom stereocenters. The summed E-state index contributed by atoms with van der Waals surface area (Å²) in [6, 6.07) is 0. The smallest absolute Gasteiger partial charge is 0.300 e. The van der Waals surface area contributed by atoms with Crippen LogP contribution in [-0.4, -0.2) is 35.5 Å². The Bertz CT molecular complexity index is 121. The molecule has 4 heteroatoms. The fraction of sp³-hybridized carbons (Fsp3) is 0.889. The van der Waals surface area contributed by atoms with Gasteiger partial charge in [-0.15, -0.1) is 0 Å². The maximum absolute atomic E-state index is 9.19. The SMILES string of the molecule is CC(=O)O.CCCC(O)C(C)OC. The van der Waals surface area contributed by atoms with Crippen LogP contribution in [0.15, 0.2) is 0 Å². The summed E-state index contributed by atoms with van der Waals surface area (Å²) in [5.74, 6) is -0.833. The molecule has 0 bridgehead atoms. The Hall–Kier alpha value is -0.610. The quantitative estimate of drug-likeness (QED) is 0.704. The van der Waals surface area contributed by atoms with Crippen molar-refractivity contribution in [1.82, 2.24) is 0 Å². The first-order valence-corrected chi connectivity index (χ1v) is 4.36. The van der Waals surface area contributed by atoms with E-state index >= 15 is 0 Å². The Morgan fingerprint density at radius 3 is 2.15 bits per heavy atom. The molecule has 0 aromatic carbocycles. The van der Waals surface area contributed by atoms with Gasteiger partial charge in [0.2, 0.25) is 0 Å². The average molecular weight is 192 g/mol. The topological polar surface area (TPSA) is 66.8 Å². The molecular weight excluding hydrogens is 172 g/mol. The number of aliphatic carboxylic acids is 1. The third-order valence-corrected chi connectivity index (χ3v) is 1.50. The first kappa shape index (κ1) is 14.9. The van der Waals surface area contributed by atoms with E-state index in [1.165, 1.54) is 0 Å². The number of carboxylic acid groups (broad SMARTS) is 1. The molecule has 0 rings (SSSR count). The zero-order chi connectivity index (χ0) is 10.9. The molecule has 0 heterocycles. The van der Waals surface area contributed by atoms with Gasteiger partial charge in [-0.1, -0.05) is 13.3 Å². The van der Waals surface area contributed by atoms with Crippen molar-refractivity contribution in [3.05, 3.63) is 0 Å². The molecule has 0 spiro atoms. The molecule has 0 aromatic rings. The van der Waals surface area contributed by atoms with E-state index in [1.54, 1.807) is 7.11 Å². The van der Waals surface area contributed by atoms with Gasteiger partial charge >= 0.3 is 0 Å². The molecule has 0 aliphatic heterocycles. The summed E-state index contributed by atoms with van der Waals surface area (Å²) in [5, 5.41) is 16.6. The lowest BCUT2D eigenvalue weighted by atomic mass is 10.1. The van der Waals surface area contributed by atoms with Gasteiger partial charge in [0.1, 0.15) is 0 Å². The summed E-state index contributed by atoms with van der Waals surface area (Å²) in [4.78, 5) is 9.00. The lowest BCUT2D eigenvalue weighted by Gasteiger charge is -2.15. The Kier molecular flexibility index (Phi) is 10.9. The fourth-order valence-electron chi connectivity index (χ4n) is 0.688.